The molecule has 15 nitrogen and oxygen atoms in total. The van der Waals surface area contributed by atoms with Crippen molar-refractivity contribution in [2.24, 2.45) is 23.2 Å². The van der Waals surface area contributed by atoms with Gasteiger partial charge in [-0.25, -0.2) is 32.0 Å². The Labute approximate surface area is 344 Å². The van der Waals surface area contributed by atoms with E-state index < -0.39 is 123 Å². The lowest BCUT2D eigenvalue weighted by atomic mass is 9.85. The van der Waals surface area contributed by atoms with E-state index in [2.05, 4.69) is 20.6 Å². The molecule has 7 rings (SSSR count). The molecule has 1 aromatic carbocycles. The highest BCUT2D eigenvalue weighted by Gasteiger charge is 2.68. The highest BCUT2D eigenvalue weighted by Crippen LogP contribution is 2.50. The minimum atomic E-state index is -4.32. The van der Waals surface area contributed by atoms with E-state index in [1.54, 1.807) is 27.7 Å². The van der Waals surface area contributed by atoms with Gasteiger partial charge in [-0.05, 0) is 81.4 Å². The summed E-state index contributed by atoms with van der Waals surface area (Å²) in [4.78, 5) is 66.2. The molecule has 2 aliphatic heterocycles. The lowest BCUT2D eigenvalue weighted by Gasteiger charge is -2.36. The molecular formula is C40H50F4N6O9S. The van der Waals surface area contributed by atoms with Gasteiger partial charge in [0.2, 0.25) is 34.1 Å². The molecule has 60 heavy (non-hydrogen) atoms. The SMILES string of the molecule is CC[C@@H]1[C@@H]2CN(C(=O)[C@H](C(C)(C)C)NC(=O)O[C@@H]3C[C@H]3CC/C=C/C(F)(F)c3nc4ccc(OC)cc4nc3O2)[C@@H]1C(=O)NC1(C(=O)NS(=O)(=O)C2(C)CC2)C[C@H]1C(F)F. The summed E-state index contributed by atoms with van der Waals surface area (Å²) in [7, 11) is -2.91. The standard InChI is InChI=1S/C40H50F4N6O9S/c1-7-22-27-19-50(28(22)32(51)48-39(18-23(39)31(41)42)35(53)49-60(55,56)38(5)14-15-38)34(52)30(37(2,3)4)47-36(54)59-26-16-20(26)10-8-9-13-40(43,44)29-33(58-27)46-25-17-21(57-6)11-12-24(25)45-29/h9,11-13,17,20,22-23,26-28,30-31H,7-8,10,14-16,18-19H2,1-6H3,(H,47,54)(H,48,51)(H,49,53)/b13-9+/t20-,22-,23+,26-,27+,28+,30-,39?/m1/s1. The summed E-state index contributed by atoms with van der Waals surface area (Å²) < 4.78 is 105. The van der Waals surface area contributed by atoms with E-state index >= 15 is 8.78 Å². The monoisotopic (exact) mass is 866 g/mol. The number of carbonyl (C=O) groups is 4. The van der Waals surface area contributed by atoms with Crippen molar-refractivity contribution in [3.63, 3.8) is 0 Å². The Morgan fingerprint density at radius 3 is 2.43 bits per heavy atom. The molecule has 2 aromatic rings. The second-order valence-electron chi connectivity index (χ2n) is 17.9. The third-order valence-electron chi connectivity index (χ3n) is 12.5. The number of alkyl carbamates (subject to hydrolysis) is 1. The van der Waals surface area contributed by atoms with Crippen LogP contribution in [0.5, 0.6) is 11.6 Å². The number of ether oxygens (including phenoxy) is 3. The number of alkyl halides is 4. The summed E-state index contributed by atoms with van der Waals surface area (Å²) >= 11 is 0. The largest absolute Gasteiger partial charge is 0.497 e. The number of methoxy groups -OCH3 is 1. The van der Waals surface area contributed by atoms with Gasteiger partial charge in [0.15, 0.2) is 5.69 Å². The molecule has 3 N–H and O–H groups in total. The molecule has 5 aliphatic rings. The van der Waals surface area contributed by atoms with Crippen LogP contribution in [0.15, 0.2) is 30.4 Å². The molecule has 1 saturated heterocycles. The number of allylic oxidation sites excluding steroid dienone is 2. The number of benzene rings is 1. The van der Waals surface area contributed by atoms with E-state index in [4.69, 9.17) is 14.2 Å². The van der Waals surface area contributed by atoms with Crippen LogP contribution in [-0.4, -0.2) is 102 Å². The number of hydrogen-bond donors (Lipinski definition) is 3. The molecule has 1 unspecified atom stereocenters. The van der Waals surface area contributed by atoms with Crippen LogP contribution < -0.4 is 24.8 Å². The summed E-state index contributed by atoms with van der Waals surface area (Å²) in [5.41, 5.74) is -3.99. The molecule has 0 spiro atoms. The van der Waals surface area contributed by atoms with Crippen molar-refractivity contribution in [3.8, 4) is 11.6 Å². The van der Waals surface area contributed by atoms with Crippen LogP contribution in [0.2, 0.25) is 0 Å². The van der Waals surface area contributed by atoms with Crippen LogP contribution in [0.3, 0.4) is 0 Å². The van der Waals surface area contributed by atoms with E-state index in [1.165, 1.54) is 38.3 Å². The molecule has 20 heteroatoms. The van der Waals surface area contributed by atoms with E-state index in [0.717, 1.165) is 4.90 Å². The van der Waals surface area contributed by atoms with Gasteiger partial charge in [0.1, 0.15) is 35.6 Å². The minimum absolute atomic E-state index is 0.0376. The van der Waals surface area contributed by atoms with Gasteiger partial charge in [-0.2, -0.15) is 8.78 Å². The maximum atomic E-state index is 16.3. The number of amides is 4. The average molecular weight is 867 g/mol. The summed E-state index contributed by atoms with van der Waals surface area (Å²) in [6.07, 6.45) is -2.81. The number of fused-ring (bicyclic) bond motifs is 5. The number of sulfonamides is 1. The molecule has 3 heterocycles. The van der Waals surface area contributed by atoms with Crippen molar-refractivity contribution in [2.75, 3.05) is 13.7 Å². The normalized spacial score (nSPS) is 31.6. The van der Waals surface area contributed by atoms with Gasteiger partial charge in [-0.3, -0.25) is 19.1 Å². The first kappa shape index (κ1) is 43.3. The van der Waals surface area contributed by atoms with Crippen molar-refractivity contribution in [2.45, 2.75) is 126 Å². The minimum Gasteiger partial charge on any atom is -0.497 e. The molecule has 3 saturated carbocycles. The van der Waals surface area contributed by atoms with E-state index in [9.17, 15) is 36.4 Å². The number of aromatic nitrogens is 2. The van der Waals surface area contributed by atoms with E-state index in [1.807, 2.05) is 4.72 Å². The molecule has 1 aromatic heterocycles. The molecule has 8 atom stereocenters. The van der Waals surface area contributed by atoms with Crippen molar-refractivity contribution in [3.05, 3.63) is 36.0 Å². The fraction of sp³-hybridized carbons (Fsp3) is 0.650. The quantitative estimate of drug-likeness (QED) is 0.245. The van der Waals surface area contributed by atoms with Gasteiger partial charge in [0, 0.05) is 12.0 Å². The van der Waals surface area contributed by atoms with Crippen LogP contribution in [0.1, 0.15) is 85.3 Å². The smallest absolute Gasteiger partial charge is 0.408 e. The second-order valence-corrected chi connectivity index (χ2v) is 20.1. The number of halogens is 4. The summed E-state index contributed by atoms with van der Waals surface area (Å²) in [5.74, 6) is -10.2. The van der Waals surface area contributed by atoms with Gasteiger partial charge < -0.3 is 29.7 Å². The number of carbonyl (C=O) groups excluding carboxylic acids is 4. The lowest BCUT2D eigenvalue weighted by Crippen LogP contribution is -2.61. The van der Waals surface area contributed by atoms with E-state index in [0.29, 0.717) is 24.7 Å². The number of nitrogens with one attached hydrogen (secondary N) is 3. The summed E-state index contributed by atoms with van der Waals surface area (Å²) in [5, 5.41) is 5.04. The lowest BCUT2D eigenvalue weighted by molar-refractivity contribution is -0.144. The van der Waals surface area contributed by atoms with Crippen LogP contribution in [0.4, 0.5) is 22.4 Å². The number of hydrogen-bond acceptors (Lipinski definition) is 11. The molecule has 328 valence electrons. The average Bonchev–Trinajstić information content (AvgIpc) is 4.12. The Balaban J connectivity index is 1.31. The Morgan fingerprint density at radius 1 is 1.10 bits per heavy atom. The van der Waals surface area contributed by atoms with Crippen molar-refractivity contribution < 1.29 is 59.4 Å². The fourth-order valence-electron chi connectivity index (χ4n) is 8.16. The van der Waals surface area contributed by atoms with Gasteiger partial charge in [0.05, 0.1) is 35.4 Å². The highest BCUT2D eigenvalue weighted by molar-refractivity contribution is 7.91. The fourth-order valence-corrected chi connectivity index (χ4v) is 9.47. The molecule has 0 radical (unpaired) electrons. The van der Waals surface area contributed by atoms with Gasteiger partial charge in [-0.15, -0.1) is 0 Å². The van der Waals surface area contributed by atoms with Crippen LogP contribution >= 0.6 is 0 Å². The maximum absolute atomic E-state index is 16.3. The zero-order chi connectivity index (χ0) is 43.7. The number of rotatable bonds is 8. The summed E-state index contributed by atoms with van der Waals surface area (Å²) in [6, 6.07) is 1.50. The van der Waals surface area contributed by atoms with Crippen LogP contribution in [0.25, 0.3) is 11.0 Å². The van der Waals surface area contributed by atoms with Crippen LogP contribution in [-0.2, 0) is 35.1 Å². The first-order chi connectivity index (χ1) is 28.0. The molecule has 4 amide bonds. The Bertz CT molecular complexity index is 2220. The highest BCUT2D eigenvalue weighted by atomic mass is 32.2. The van der Waals surface area contributed by atoms with Crippen LogP contribution in [0, 0.1) is 23.2 Å². The zero-order valence-electron chi connectivity index (χ0n) is 34.1. The predicted octanol–water partition coefficient (Wildman–Crippen LogP) is 4.73. The Kier molecular flexibility index (Phi) is 11.1. The van der Waals surface area contributed by atoms with Crippen molar-refractivity contribution >= 4 is 44.9 Å². The first-order valence-corrected chi connectivity index (χ1v) is 21.6. The number of nitrogens with zero attached hydrogens (tertiary/aromatic N) is 3. The Morgan fingerprint density at radius 2 is 1.82 bits per heavy atom. The molecule has 3 aliphatic carbocycles. The maximum Gasteiger partial charge on any atom is 0.408 e. The van der Waals surface area contributed by atoms with Crippen molar-refractivity contribution in [1.82, 2.24) is 30.2 Å². The first-order valence-electron chi connectivity index (χ1n) is 20.1. The predicted molar refractivity (Wildman–Crippen MR) is 206 cm³/mol. The summed E-state index contributed by atoms with van der Waals surface area (Å²) in [6.45, 7) is 7.57. The second kappa shape index (κ2) is 15.3. The third kappa shape index (κ3) is 8.19. The van der Waals surface area contributed by atoms with Gasteiger partial charge >= 0.3 is 12.0 Å². The topological polar surface area (TPSA) is 195 Å². The van der Waals surface area contributed by atoms with E-state index in [-0.39, 0.29) is 42.6 Å². The molecular weight excluding hydrogens is 817 g/mol. The molecule has 4 fully saturated rings. The van der Waals surface area contributed by atoms with Gasteiger partial charge in [-0.1, -0.05) is 33.8 Å². The van der Waals surface area contributed by atoms with Gasteiger partial charge in [0.25, 0.3) is 5.91 Å². The Hall–Kier alpha value is -4.75. The van der Waals surface area contributed by atoms with Crippen molar-refractivity contribution in [1.29, 1.82) is 0 Å². The zero-order valence-corrected chi connectivity index (χ0v) is 34.9. The third-order valence-corrected chi connectivity index (χ3v) is 14.6. The molecule has 2 bridgehead atoms.